The first-order chi connectivity index (χ1) is 8.84. The van der Waals surface area contributed by atoms with Crippen LogP contribution in [0.3, 0.4) is 0 Å². The van der Waals surface area contributed by atoms with Crippen molar-refractivity contribution in [1.29, 1.82) is 0 Å². The first-order valence-corrected chi connectivity index (χ1v) is 7.44. The van der Waals surface area contributed by atoms with Crippen molar-refractivity contribution < 1.29 is 0 Å². The number of benzene rings is 1. The van der Waals surface area contributed by atoms with Crippen molar-refractivity contribution in [2.24, 2.45) is 0 Å². The molecule has 0 saturated carbocycles. The van der Waals surface area contributed by atoms with Gasteiger partial charge in [-0.1, -0.05) is 24.3 Å². The molecule has 1 saturated heterocycles. The number of nitrogens with one attached hydrogen (secondary N) is 1. The van der Waals surface area contributed by atoms with Crippen LogP contribution in [0.2, 0.25) is 0 Å². The summed E-state index contributed by atoms with van der Waals surface area (Å²) in [6.07, 6.45) is 2.44. The third kappa shape index (κ3) is 2.33. The molecule has 0 atom stereocenters. The molecule has 1 N–H and O–H groups in total. The Morgan fingerprint density at radius 1 is 1.22 bits per heavy atom. The lowest BCUT2D eigenvalue weighted by atomic mass is 9.95. The second-order valence-electron chi connectivity index (χ2n) is 4.92. The van der Waals surface area contributed by atoms with E-state index in [1.807, 2.05) is 0 Å². The highest BCUT2D eigenvalue weighted by molar-refractivity contribution is 7.13. The number of rotatable bonds is 2. The summed E-state index contributed by atoms with van der Waals surface area (Å²) < 4.78 is 0. The highest BCUT2D eigenvalue weighted by Crippen LogP contribution is 2.32. The van der Waals surface area contributed by atoms with E-state index in [4.69, 9.17) is 4.98 Å². The van der Waals surface area contributed by atoms with Crippen LogP contribution in [0.4, 0.5) is 0 Å². The minimum Gasteiger partial charge on any atom is -0.317 e. The Morgan fingerprint density at radius 2 is 2.00 bits per heavy atom. The average molecular weight is 258 g/mol. The molecule has 0 unspecified atom stereocenters. The fourth-order valence-electron chi connectivity index (χ4n) is 2.53. The maximum absolute atomic E-state index is 4.86. The highest BCUT2D eigenvalue weighted by Gasteiger charge is 2.18. The van der Waals surface area contributed by atoms with Gasteiger partial charge in [0.1, 0.15) is 5.01 Å². The van der Waals surface area contributed by atoms with E-state index in [1.54, 1.807) is 11.3 Å². The van der Waals surface area contributed by atoms with Gasteiger partial charge in [0.2, 0.25) is 0 Å². The Bertz CT molecular complexity index is 527. The Labute approximate surface area is 112 Å². The largest absolute Gasteiger partial charge is 0.317 e. The van der Waals surface area contributed by atoms with E-state index in [0.717, 1.165) is 13.1 Å². The van der Waals surface area contributed by atoms with Gasteiger partial charge >= 0.3 is 0 Å². The molecule has 1 aromatic carbocycles. The number of aryl methyl sites for hydroxylation is 1. The minimum absolute atomic E-state index is 0.653. The van der Waals surface area contributed by atoms with Gasteiger partial charge in [0.05, 0.1) is 5.69 Å². The molecule has 2 aromatic rings. The van der Waals surface area contributed by atoms with Crippen LogP contribution in [0.5, 0.6) is 0 Å². The molecular formula is C15H18N2S. The van der Waals surface area contributed by atoms with Crippen molar-refractivity contribution in [3.05, 3.63) is 40.9 Å². The summed E-state index contributed by atoms with van der Waals surface area (Å²) in [5.74, 6) is 0.653. The summed E-state index contributed by atoms with van der Waals surface area (Å²) in [7, 11) is 0. The van der Waals surface area contributed by atoms with Crippen molar-refractivity contribution >= 4 is 11.3 Å². The molecule has 0 amide bonds. The average Bonchev–Trinajstić information content (AvgIpc) is 2.90. The Balaban J connectivity index is 1.87. The molecule has 18 heavy (non-hydrogen) atoms. The maximum atomic E-state index is 4.86. The molecule has 2 nitrogen and oxygen atoms in total. The van der Waals surface area contributed by atoms with Crippen molar-refractivity contribution in [2.75, 3.05) is 13.1 Å². The van der Waals surface area contributed by atoms with Crippen LogP contribution in [0, 0.1) is 6.92 Å². The molecule has 1 aromatic heterocycles. The Morgan fingerprint density at radius 3 is 2.78 bits per heavy atom. The standard InChI is InChI=1S/C15H18N2S/c1-11-4-2-3-5-13(11)15-17-14(10-18-15)12-6-8-16-9-7-12/h2-5,10,12,16H,6-9H2,1H3. The van der Waals surface area contributed by atoms with Crippen molar-refractivity contribution in [2.45, 2.75) is 25.7 Å². The van der Waals surface area contributed by atoms with Gasteiger partial charge in [0.25, 0.3) is 0 Å². The fraction of sp³-hybridized carbons (Fsp3) is 0.400. The van der Waals surface area contributed by atoms with Crippen LogP contribution in [0.1, 0.15) is 30.0 Å². The fourth-order valence-corrected chi connectivity index (χ4v) is 3.52. The van der Waals surface area contributed by atoms with Gasteiger partial charge < -0.3 is 5.32 Å². The zero-order valence-electron chi connectivity index (χ0n) is 10.6. The maximum Gasteiger partial charge on any atom is 0.123 e. The predicted molar refractivity (Wildman–Crippen MR) is 77.1 cm³/mol. The zero-order valence-corrected chi connectivity index (χ0v) is 11.5. The Hall–Kier alpha value is -1.19. The number of piperidine rings is 1. The number of hydrogen-bond donors (Lipinski definition) is 1. The lowest BCUT2D eigenvalue weighted by molar-refractivity contribution is 0.455. The van der Waals surface area contributed by atoms with Crippen LogP contribution in [-0.4, -0.2) is 18.1 Å². The summed E-state index contributed by atoms with van der Waals surface area (Å²) in [5, 5.41) is 6.82. The van der Waals surface area contributed by atoms with Crippen LogP contribution in [0.25, 0.3) is 10.6 Å². The van der Waals surface area contributed by atoms with Gasteiger partial charge in [-0.05, 0) is 38.4 Å². The Kier molecular flexibility index (Phi) is 3.43. The minimum atomic E-state index is 0.653. The van der Waals surface area contributed by atoms with Crippen LogP contribution in [-0.2, 0) is 0 Å². The molecule has 3 heteroatoms. The van der Waals surface area contributed by atoms with Crippen molar-refractivity contribution in [1.82, 2.24) is 10.3 Å². The van der Waals surface area contributed by atoms with Gasteiger partial charge in [0.15, 0.2) is 0 Å². The summed E-state index contributed by atoms with van der Waals surface area (Å²) in [5.41, 5.74) is 3.88. The second kappa shape index (κ2) is 5.21. The lowest BCUT2D eigenvalue weighted by Crippen LogP contribution is -2.26. The molecule has 0 radical (unpaired) electrons. The molecule has 0 bridgehead atoms. The summed E-state index contributed by atoms with van der Waals surface area (Å²) >= 11 is 1.78. The monoisotopic (exact) mass is 258 g/mol. The third-order valence-electron chi connectivity index (χ3n) is 3.65. The van der Waals surface area contributed by atoms with Gasteiger partial charge in [-0.15, -0.1) is 11.3 Å². The summed E-state index contributed by atoms with van der Waals surface area (Å²) in [4.78, 5) is 4.86. The van der Waals surface area contributed by atoms with E-state index < -0.39 is 0 Å². The molecule has 2 heterocycles. The number of hydrogen-bond acceptors (Lipinski definition) is 3. The molecule has 3 rings (SSSR count). The van der Waals surface area contributed by atoms with Gasteiger partial charge in [0, 0.05) is 16.9 Å². The summed E-state index contributed by atoms with van der Waals surface area (Å²) in [6.45, 7) is 4.41. The normalized spacial score (nSPS) is 16.9. The molecule has 1 aliphatic heterocycles. The van der Waals surface area contributed by atoms with E-state index >= 15 is 0 Å². The third-order valence-corrected chi connectivity index (χ3v) is 4.55. The quantitative estimate of drug-likeness (QED) is 0.890. The first-order valence-electron chi connectivity index (χ1n) is 6.57. The van der Waals surface area contributed by atoms with Crippen molar-refractivity contribution in [3.8, 4) is 10.6 Å². The van der Waals surface area contributed by atoms with Gasteiger partial charge in [-0.25, -0.2) is 4.98 Å². The molecule has 0 aliphatic carbocycles. The molecular weight excluding hydrogens is 240 g/mol. The van der Waals surface area contributed by atoms with Gasteiger partial charge in [-0.3, -0.25) is 0 Å². The highest BCUT2D eigenvalue weighted by atomic mass is 32.1. The lowest BCUT2D eigenvalue weighted by Gasteiger charge is -2.20. The van der Waals surface area contributed by atoms with E-state index in [2.05, 4.69) is 41.9 Å². The number of thiazole rings is 1. The second-order valence-corrected chi connectivity index (χ2v) is 5.77. The number of aromatic nitrogens is 1. The van der Waals surface area contributed by atoms with Crippen molar-refractivity contribution in [3.63, 3.8) is 0 Å². The van der Waals surface area contributed by atoms with E-state index in [0.29, 0.717) is 5.92 Å². The smallest absolute Gasteiger partial charge is 0.123 e. The van der Waals surface area contributed by atoms with Gasteiger partial charge in [-0.2, -0.15) is 0 Å². The van der Waals surface area contributed by atoms with Crippen LogP contribution in [0.15, 0.2) is 29.6 Å². The summed E-state index contributed by atoms with van der Waals surface area (Å²) in [6, 6.07) is 8.50. The molecule has 1 aliphatic rings. The number of nitrogens with zero attached hydrogens (tertiary/aromatic N) is 1. The molecule has 94 valence electrons. The zero-order chi connectivity index (χ0) is 12.4. The van der Waals surface area contributed by atoms with E-state index in [-0.39, 0.29) is 0 Å². The SMILES string of the molecule is Cc1ccccc1-c1nc(C2CCNCC2)cs1. The van der Waals surface area contributed by atoms with Crippen LogP contribution >= 0.6 is 11.3 Å². The van der Waals surface area contributed by atoms with E-state index in [9.17, 15) is 0 Å². The first kappa shape index (κ1) is 11.9. The van der Waals surface area contributed by atoms with Crippen LogP contribution < -0.4 is 5.32 Å². The topological polar surface area (TPSA) is 24.9 Å². The predicted octanol–water partition coefficient (Wildman–Crippen LogP) is 3.59. The van der Waals surface area contributed by atoms with E-state index in [1.165, 1.54) is 34.7 Å². The molecule has 1 fully saturated rings. The molecule has 0 spiro atoms.